The lowest BCUT2D eigenvalue weighted by Gasteiger charge is -2.36. The molecule has 1 aliphatic rings. The Morgan fingerprint density at radius 2 is 2.00 bits per heavy atom. The van der Waals surface area contributed by atoms with E-state index in [0.29, 0.717) is 6.04 Å². The number of methoxy groups -OCH3 is 1. The number of hydrogen-bond donors (Lipinski definition) is 1. The average molecular weight is 305 g/mol. The highest BCUT2D eigenvalue weighted by Crippen LogP contribution is 2.29. The summed E-state index contributed by atoms with van der Waals surface area (Å²) in [6.45, 7) is 8.91. The van der Waals surface area contributed by atoms with Gasteiger partial charge in [-0.3, -0.25) is 9.80 Å². The highest BCUT2D eigenvalue weighted by Gasteiger charge is 2.23. The second-order valence-corrected chi connectivity index (χ2v) is 6.14. The van der Waals surface area contributed by atoms with E-state index >= 15 is 0 Å². The lowest BCUT2D eigenvalue weighted by atomic mass is 10.0. The number of ether oxygens (including phenoxy) is 1. The molecule has 1 aromatic carbocycles. The van der Waals surface area contributed by atoms with Gasteiger partial charge in [0.15, 0.2) is 0 Å². The predicted octanol–water partition coefficient (Wildman–Crippen LogP) is 2.37. The van der Waals surface area contributed by atoms with Crippen molar-refractivity contribution >= 4 is 0 Å². The van der Waals surface area contributed by atoms with E-state index in [-0.39, 0.29) is 0 Å². The minimum atomic E-state index is 0.390. The zero-order valence-corrected chi connectivity index (χ0v) is 14.3. The lowest BCUT2D eigenvalue weighted by Crippen LogP contribution is -2.47. The first-order valence-corrected chi connectivity index (χ1v) is 8.52. The van der Waals surface area contributed by atoms with E-state index in [1.807, 2.05) is 0 Å². The van der Waals surface area contributed by atoms with Crippen LogP contribution in [0.15, 0.2) is 24.3 Å². The minimum absolute atomic E-state index is 0.390. The Hall–Kier alpha value is -1.10. The molecule has 22 heavy (non-hydrogen) atoms. The fourth-order valence-electron chi connectivity index (χ4n) is 3.12. The summed E-state index contributed by atoms with van der Waals surface area (Å²) < 4.78 is 5.61. The van der Waals surface area contributed by atoms with Crippen molar-refractivity contribution in [2.45, 2.75) is 25.8 Å². The SMILES string of the molecule is CCCCN(C)C(CN1CCNCC1)c1ccccc1OC. The predicted molar refractivity (Wildman–Crippen MR) is 92.6 cm³/mol. The van der Waals surface area contributed by atoms with Crippen LogP contribution in [-0.4, -0.2) is 63.2 Å². The van der Waals surface area contributed by atoms with Gasteiger partial charge in [-0.15, -0.1) is 0 Å². The molecular weight excluding hydrogens is 274 g/mol. The average Bonchev–Trinajstić information content (AvgIpc) is 2.58. The molecule has 1 heterocycles. The van der Waals surface area contributed by atoms with E-state index in [9.17, 15) is 0 Å². The number of likely N-dealkylation sites (N-methyl/N-ethyl adjacent to an activating group) is 1. The van der Waals surface area contributed by atoms with Crippen molar-refractivity contribution in [2.75, 3.05) is 53.4 Å². The second-order valence-electron chi connectivity index (χ2n) is 6.14. The van der Waals surface area contributed by atoms with Gasteiger partial charge in [-0.1, -0.05) is 31.5 Å². The largest absolute Gasteiger partial charge is 0.496 e. The first-order valence-electron chi connectivity index (χ1n) is 8.52. The zero-order valence-electron chi connectivity index (χ0n) is 14.3. The van der Waals surface area contributed by atoms with E-state index in [4.69, 9.17) is 4.74 Å². The zero-order chi connectivity index (χ0) is 15.8. The van der Waals surface area contributed by atoms with E-state index in [2.05, 4.69) is 53.4 Å². The lowest BCUT2D eigenvalue weighted by molar-refractivity contribution is 0.147. The molecule has 124 valence electrons. The Balaban J connectivity index is 2.15. The highest BCUT2D eigenvalue weighted by molar-refractivity contribution is 5.36. The van der Waals surface area contributed by atoms with Crippen molar-refractivity contribution < 1.29 is 4.74 Å². The van der Waals surface area contributed by atoms with Crippen LogP contribution < -0.4 is 10.1 Å². The molecule has 0 aliphatic carbocycles. The summed E-state index contributed by atoms with van der Waals surface area (Å²) in [5.74, 6) is 1.01. The van der Waals surface area contributed by atoms with Crippen LogP contribution in [0.1, 0.15) is 31.4 Å². The summed E-state index contributed by atoms with van der Waals surface area (Å²) in [7, 11) is 4.02. The Morgan fingerprint density at radius 3 is 2.68 bits per heavy atom. The highest BCUT2D eigenvalue weighted by atomic mass is 16.5. The molecule has 2 rings (SSSR count). The van der Waals surface area contributed by atoms with E-state index < -0.39 is 0 Å². The number of benzene rings is 1. The summed E-state index contributed by atoms with van der Waals surface area (Å²) in [5.41, 5.74) is 1.31. The molecular formula is C18H31N3O. The molecule has 1 atom stereocenters. The van der Waals surface area contributed by atoms with Crippen LogP contribution in [-0.2, 0) is 0 Å². The quantitative estimate of drug-likeness (QED) is 0.798. The molecule has 0 aromatic heterocycles. The van der Waals surface area contributed by atoms with Gasteiger partial charge < -0.3 is 10.1 Å². The maximum absolute atomic E-state index is 5.61. The Labute approximate surface area is 135 Å². The third-order valence-electron chi connectivity index (χ3n) is 4.54. The summed E-state index contributed by atoms with van der Waals surface area (Å²) in [5, 5.41) is 3.43. The summed E-state index contributed by atoms with van der Waals surface area (Å²) in [6, 6.07) is 8.86. The fraction of sp³-hybridized carbons (Fsp3) is 0.667. The van der Waals surface area contributed by atoms with Gasteiger partial charge in [0.1, 0.15) is 5.75 Å². The molecule has 4 nitrogen and oxygen atoms in total. The third-order valence-corrected chi connectivity index (χ3v) is 4.54. The Bertz CT molecular complexity index is 432. The molecule has 1 aromatic rings. The van der Waals surface area contributed by atoms with E-state index in [1.165, 1.54) is 18.4 Å². The van der Waals surface area contributed by atoms with Crippen molar-refractivity contribution in [3.8, 4) is 5.75 Å². The molecule has 0 radical (unpaired) electrons. The maximum Gasteiger partial charge on any atom is 0.123 e. The fourth-order valence-corrected chi connectivity index (χ4v) is 3.12. The Morgan fingerprint density at radius 1 is 1.27 bits per heavy atom. The van der Waals surface area contributed by atoms with Gasteiger partial charge in [-0.05, 0) is 26.1 Å². The van der Waals surface area contributed by atoms with Gasteiger partial charge in [0.25, 0.3) is 0 Å². The molecule has 1 N–H and O–H groups in total. The van der Waals surface area contributed by atoms with Crippen molar-refractivity contribution in [1.82, 2.24) is 15.1 Å². The standard InChI is InChI=1S/C18H31N3O/c1-4-5-12-20(2)17(15-21-13-10-19-11-14-21)16-8-6-7-9-18(16)22-3/h6-9,17,19H,4-5,10-15H2,1-3H3. The first kappa shape index (κ1) is 17.3. The summed E-state index contributed by atoms with van der Waals surface area (Å²) >= 11 is 0. The van der Waals surface area contributed by atoms with Crippen molar-refractivity contribution in [1.29, 1.82) is 0 Å². The number of piperazine rings is 1. The van der Waals surface area contributed by atoms with Crippen molar-refractivity contribution in [3.05, 3.63) is 29.8 Å². The van der Waals surface area contributed by atoms with Crippen LogP contribution in [0.5, 0.6) is 5.75 Å². The molecule has 0 bridgehead atoms. The number of rotatable bonds is 8. The summed E-state index contributed by atoms with van der Waals surface area (Å²) in [4.78, 5) is 5.06. The summed E-state index contributed by atoms with van der Waals surface area (Å²) in [6.07, 6.45) is 2.47. The minimum Gasteiger partial charge on any atom is -0.496 e. The van der Waals surface area contributed by atoms with Gasteiger partial charge >= 0.3 is 0 Å². The number of unbranched alkanes of at least 4 members (excludes halogenated alkanes) is 1. The van der Waals surface area contributed by atoms with Crippen LogP contribution in [0.4, 0.5) is 0 Å². The topological polar surface area (TPSA) is 27.7 Å². The number of nitrogens with zero attached hydrogens (tertiary/aromatic N) is 2. The smallest absolute Gasteiger partial charge is 0.123 e. The normalized spacial score (nSPS) is 17.6. The van der Waals surface area contributed by atoms with Crippen molar-refractivity contribution in [2.24, 2.45) is 0 Å². The molecule has 1 unspecified atom stereocenters. The molecule has 0 saturated carbocycles. The number of para-hydroxylation sites is 1. The van der Waals surface area contributed by atoms with Crippen LogP contribution in [0.2, 0.25) is 0 Å². The van der Waals surface area contributed by atoms with Gasteiger partial charge in [0, 0.05) is 38.3 Å². The van der Waals surface area contributed by atoms with Crippen LogP contribution in [0, 0.1) is 0 Å². The van der Waals surface area contributed by atoms with Crippen LogP contribution >= 0.6 is 0 Å². The molecule has 0 spiro atoms. The second kappa shape index (κ2) is 9.13. The van der Waals surface area contributed by atoms with Gasteiger partial charge in [0.05, 0.1) is 13.2 Å². The molecule has 4 heteroatoms. The van der Waals surface area contributed by atoms with E-state index in [0.717, 1.165) is 45.0 Å². The van der Waals surface area contributed by atoms with Gasteiger partial charge in [0.2, 0.25) is 0 Å². The van der Waals surface area contributed by atoms with Gasteiger partial charge in [-0.25, -0.2) is 0 Å². The van der Waals surface area contributed by atoms with Crippen LogP contribution in [0.3, 0.4) is 0 Å². The third kappa shape index (κ3) is 4.70. The van der Waals surface area contributed by atoms with Crippen molar-refractivity contribution in [3.63, 3.8) is 0 Å². The van der Waals surface area contributed by atoms with E-state index in [1.54, 1.807) is 7.11 Å². The maximum atomic E-state index is 5.61. The molecule has 1 saturated heterocycles. The molecule has 1 aliphatic heterocycles. The van der Waals surface area contributed by atoms with Gasteiger partial charge in [-0.2, -0.15) is 0 Å². The Kier molecular flexibility index (Phi) is 7.16. The first-order chi connectivity index (χ1) is 10.8. The molecule has 1 fully saturated rings. The number of nitrogens with one attached hydrogen (secondary N) is 1. The monoisotopic (exact) mass is 305 g/mol. The van der Waals surface area contributed by atoms with Crippen LogP contribution in [0.25, 0.3) is 0 Å². The molecule has 0 amide bonds. The number of hydrogen-bond acceptors (Lipinski definition) is 4.